The van der Waals surface area contributed by atoms with Gasteiger partial charge in [0.15, 0.2) is 11.6 Å². The van der Waals surface area contributed by atoms with Crippen molar-refractivity contribution < 1.29 is 9.32 Å². The Morgan fingerprint density at radius 1 is 1.00 bits per heavy atom. The van der Waals surface area contributed by atoms with Crippen molar-refractivity contribution in [3.63, 3.8) is 0 Å². The molecule has 0 spiro atoms. The highest BCUT2D eigenvalue weighted by atomic mass is 16.5. The van der Waals surface area contributed by atoms with E-state index in [2.05, 4.69) is 25.2 Å². The lowest BCUT2D eigenvalue weighted by atomic mass is 10.3. The number of nitrogens with zero attached hydrogens (tertiary/aromatic N) is 7. The third-order valence-corrected chi connectivity index (χ3v) is 3.94. The molecule has 9 heteroatoms. The van der Waals surface area contributed by atoms with Gasteiger partial charge in [-0.2, -0.15) is 0 Å². The van der Waals surface area contributed by atoms with E-state index >= 15 is 0 Å². The molecule has 24 heavy (non-hydrogen) atoms. The van der Waals surface area contributed by atoms with Gasteiger partial charge in [-0.05, 0) is 12.1 Å². The monoisotopic (exact) mass is 325 g/mol. The number of amides is 1. The molecule has 1 fully saturated rings. The van der Waals surface area contributed by atoms with E-state index in [0.29, 0.717) is 26.2 Å². The third kappa shape index (κ3) is 2.71. The van der Waals surface area contributed by atoms with Crippen LogP contribution >= 0.6 is 0 Å². The van der Waals surface area contributed by atoms with Gasteiger partial charge in [0.1, 0.15) is 6.33 Å². The first-order valence-electron chi connectivity index (χ1n) is 7.58. The number of aromatic nitrogens is 5. The molecule has 122 valence electrons. The number of hydrogen-bond donors (Lipinski definition) is 0. The summed E-state index contributed by atoms with van der Waals surface area (Å²) in [5.74, 6) is 1.66. The van der Waals surface area contributed by atoms with Gasteiger partial charge in [-0.15, -0.1) is 10.2 Å². The number of hydrogen-bond acceptors (Lipinski definition) is 7. The maximum Gasteiger partial charge on any atom is 0.292 e. The minimum atomic E-state index is -0.131. The van der Waals surface area contributed by atoms with E-state index in [1.54, 1.807) is 28.1 Å². The van der Waals surface area contributed by atoms with Crippen LogP contribution in [-0.4, -0.2) is 61.9 Å². The van der Waals surface area contributed by atoms with E-state index in [-0.39, 0.29) is 11.7 Å². The Balaban J connectivity index is 1.40. The molecule has 0 bridgehead atoms. The van der Waals surface area contributed by atoms with Crippen LogP contribution in [0.1, 0.15) is 10.6 Å². The van der Waals surface area contributed by atoms with Crippen molar-refractivity contribution in [2.75, 3.05) is 31.1 Å². The Morgan fingerprint density at radius 3 is 2.42 bits per heavy atom. The molecule has 3 aromatic heterocycles. The lowest BCUT2D eigenvalue weighted by Crippen LogP contribution is -2.49. The number of anilines is 1. The first-order chi connectivity index (χ1) is 11.8. The summed E-state index contributed by atoms with van der Waals surface area (Å²) in [6.45, 7) is 2.59. The Kier molecular flexibility index (Phi) is 3.66. The summed E-state index contributed by atoms with van der Waals surface area (Å²) in [6.07, 6.45) is 6.66. The zero-order chi connectivity index (χ0) is 16.4. The zero-order valence-corrected chi connectivity index (χ0v) is 12.8. The SMILES string of the molecule is O=C(c1ccno1)N1CCN(c2ccc(-n3ccnc3)nn2)CC1. The fourth-order valence-corrected chi connectivity index (χ4v) is 2.64. The average molecular weight is 325 g/mol. The Labute approximate surface area is 137 Å². The number of carbonyl (C=O) groups is 1. The first kappa shape index (κ1) is 14.4. The summed E-state index contributed by atoms with van der Waals surface area (Å²) >= 11 is 0. The topological polar surface area (TPSA) is 93.2 Å². The molecule has 1 aliphatic rings. The van der Waals surface area contributed by atoms with Crippen molar-refractivity contribution in [1.29, 1.82) is 0 Å². The maximum atomic E-state index is 12.2. The largest absolute Gasteiger partial charge is 0.352 e. The van der Waals surface area contributed by atoms with Crippen LogP contribution in [0.25, 0.3) is 5.82 Å². The van der Waals surface area contributed by atoms with Crippen molar-refractivity contribution in [2.45, 2.75) is 0 Å². The van der Waals surface area contributed by atoms with Crippen molar-refractivity contribution >= 4 is 11.7 Å². The van der Waals surface area contributed by atoms with Crippen LogP contribution < -0.4 is 4.90 Å². The Hall–Kier alpha value is -3.23. The normalized spacial score (nSPS) is 14.8. The lowest BCUT2D eigenvalue weighted by molar-refractivity contribution is 0.0704. The molecule has 1 amide bonds. The van der Waals surface area contributed by atoms with E-state index in [4.69, 9.17) is 4.52 Å². The highest BCUT2D eigenvalue weighted by molar-refractivity contribution is 5.91. The predicted octanol–water partition coefficient (Wildman–Crippen LogP) is 0.613. The van der Waals surface area contributed by atoms with E-state index in [1.165, 1.54) is 6.20 Å². The van der Waals surface area contributed by atoms with Crippen molar-refractivity contribution in [2.24, 2.45) is 0 Å². The molecule has 1 saturated heterocycles. The average Bonchev–Trinajstić information content (AvgIpc) is 3.35. The molecule has 0 radical (unpaired) electrons. The summed E-state index contributed by atoms with van der Waals surface area (Å²) in [4.78, 5) is 20.1. The van der Waals surface area contributed by atoms with Crippen molar-refractivity contribution in [1.82, 2.24) is 29.8 Å². The molecular formula is C15H15N7O2. The Bertz CT molecular complexity index is 791. The molecule has 4 rings (SSSR count). The number of piperazine rings is 1. The second kappa shape index (κ2) is 6.11. The number of rotatable bonds is 3. The Morgan fingerprint density at radius 2 is 1.79 bits per heavy atom. The van der Waals surface area contributed by atoms with E-state index < -0.39 is 0 Å². The van der Waals surface area contributed by atoms with Crippen molar-refractivity contribution in [3.05, 3.63) is 48.9 Å². The van der Waals surface area contributed by atoms with Gasteiger partial charge in [0.2, 0.25) is 5.76 Å². The minimum absolute atomic E-state index is 0.131. The summed E-state index contributed by atoms with van der Waals surface area (Å²) in [5.41, 5.74) is 0. The predicted molar refractivity (Wildman–Crippen MR) is 83.8 cm³/mol. The van der Waals surface area contributed by atoms with Gasteiger partial charge in [0.05, 0.1) is 6.20 Å². The van der Waals surface area contributed by atoms with Crippen LogP contribution in [0.2, 0.25) is 0 Å². The van der Waals surface area contributed by atoms with E-state index in [1.807, 2.05) is 18.3 Å². The molecule has 3 aromatic rings. The fraction of sp³-hybridized carbons (Fsp3) is 0.267. The van der Waals surface area contributed by atoms with Gasteiger partial charge >= 0.3 is 0 Å². The number of carbonyl (C=O) groups excluding carboxylic acids is 1. The lowest BCUT2D eigenvalue weighted by Gasteiger charge is -2.34. The summed E-state index contributed by atoms with van der Waals surface area (Å²) < 4.78 is 6.72. The standard InChI is InChI=1S/C15H15N7O2/c23-15(12-3-4-17-24-12)21-9-7-20(8-10-21)13-1-2-14(19-18-13)22-6-5-16-11-22/h1-6,11H,7-10H2. The second-order valence-electron chi connectivity index (χ2n) is 5.38. The molecule has 0 atom stereocenters. The first-order valence-corrected chi connectivity index (χ1v) is 7.58. The van der Waals surface area contributed by atoms with Crippen LogP contribution in [-0.2, 0) is 0 Å². The smallest absolute Gasteiger partial charge is 0.292 e. The molecule has 0 unspecified atom stereocenters. The fourth-order valence-electron chi connectivity index (χ4n) is 2.64. The molecule has 0 aliphatic carbocycles. The van der Waals surface area contributed by atoms with Crippen LogP contribution in [0, 0.1) is 0 Å². The molecular weight excluding hydrogens is 310 g/mol. The summed E-state index contributed by atoms with van der Waals surface area (Å²) in [7, 11) is 0. The van der Waals surface area contributed by atoms with Crippen LogP contribution in [0.5, 0.6) is 0 Å². The van der Waals surface area contributed by atoms with Crippen LogP contribution in [0.15, 0.2) is 47.6 Å². The molecule has 9 nitrogen and oxygen atoms in total. The van der Waals surface area contributed by atoms with E-state index in [0.717, 1.165) is 11.6 Å². The van der Waals surface area contributed by atoms with Gasteiger partial charge in [-0.3, -0.25) is 9.36 Å². The van der Waals surface area contributed by atoms with Gasteiger partial charge in [-0.25, -0.2) is 4.98 Å². The molecule has 1 aliphatic heterocycles. The molecule has 0 saturated carbocycles. The molecule has 4 heterocycles. The van der Waals surface area contributed by atoms with Gasteiger partial charge in [-0.1, -0.05) is 5.16 Å². The van der Waals surface area contributed by atoms with Crippen LogP contribution in [0.3, 0.4) is 0 Å². The summed E-state index contributed by atoms with van der Waals surface area (Å²) in [5, 5.41) is 12.1. The maximum absolute atomic E-state index is 12.2. The third-order valence-electron chi connectivity index (χ3n) is 3.94. The number of imidazole rings is 1. The highest BCUT2D eigenvalue weighted by Gasteiger charge is 2.24. The highest BCUT2D eigenvalue weighted by Crippen LogP contribution is 2.15. The summed E-state index contributed by atoms with van der Waals surface area (Å²) in [6, 6.07) is 5.40. The second-order valence-corrected chi connectivity index (χ2v) is 5.38. The molecule has 0 N–H and O–H groups in total. The van der Waals surface area contributed by atoms with Gasteiger partial charge < -0.3 is 14.3 Å². The van der Waals surface area contributed by atoms with Crippen LogP contribution in [0.4, 0.5) is 5.82 Å². The van der Waals surface area contributed by atoms with Crippen molar-refractivity contribution in [3.8, 4) is 5.82 Å². The van der Waals surface area contributed by atoms with Gasteiger partial charge in [0.25, 0.3) is 5.91 Å². The quantitative estimate of drug-likeness (QED) is 0.696. The van der Waals surface area contributed by atoms with Gasteiger partial charge in [0, 0.05) is 44.6 Å². The zero-order valence-electron chi connectivity index (χ0n) is 12.8. The molecule has 0 aromatic carbocycles. The van der Waals surface area contributed by atoms with E-state index in [9.17, 15) is 4.79 Å². The minimum Gasteiger partial charge on any atom is -0.352 e.